The van der Waals surface area contributed by atoms with Crippen LogP contribution in [0.3, 0.4) is 0 Å². The number of hydrogen-bond donors (Lipinski definition) is 1. The van der Waals surface area contributed by atoms with E-state index in [1.54, 1.807) is 0 Å². The number of piperidine rings is 1. The van der Waals surface area contributed by atoms with Crippen LogP contribution >= 0.6 is 11.8 Å². The Morgan fingerprint density at radius 3 is 2.46 bits per heavy atom. The van der Waals surface area contributed by atoms with Gasteiger partial charge in [-0.05, 0) is 45.3 Å². The van der Waals surface area contributed by atoms with Crippen LogP contribution in [0.5, 0.6) is 0 Å². The van der Waals surface area contributed by atoms with E-state index in [0.29, 0.717) is 11.6 Å². The third-order valence-corrected chi connectivity index (χ3v) is 5.22. The first kappa shape index (κ1) is 20.9. The van der Waals surface area contributed by atoms with Gasteiger partial charge in [-0.2, -0.15) is 0 Å². The number of carbonyl (C=O) groups is 2. The van der Waals surface area contributed by atoms with Gasteiger partial charge in [0.15, 0.2) is 0 Å². The molecule has 146 valence electrons. The lowest BCUT2D eigenvalue weighted by Gasteiger charge is -2.29. The molecule has 0 bridgehead atoms. The fraction of sp³-hybridized carbons (Fsp3) is 0.778. The van der Waals surface area contributed by atoms with Gasteiger partial charge < -0.3 is 14.6 Å². The van der Waals surface area contributed by atoms with Crippen LogP contribution in [0.1, 0.15) is 57.6 Å². The van der Waals surface area contributed by atoms with Gasteiger partial charge in [0.1, 0.15) is 0 Å². The molecular formula is C18H30N4O3S. The number of Topliss-reactive ketones (excluding diaryl/α,β-unsaturated/α-hetero) is 1. The predicted octanol–water partition coefficient (Wildman–Crippen LogP) is 2.63. The predicted molar refractivity (Wildman–Crippen MR) is 101 cm³/mol. The second-order valence-corrected chi connectivity index (χ2v) is 9.20. The largest absolute Gasteiger partial charge is 0.408 e. The number of aromatic nitrogens is 2. The van der Waals surface area contributed by atoms with Crippen molar-refractivity contribution in [2.75, 3.05) is 20.1 Å². The summed E-state index contributed by atoms with van der Waals surface area (Å²) >= 11 is 1.41. The summed E-state index contributed by atoms with van der Waals surface area (Å²) in [6, 6.07) is -0.625. The minimum atomic E-state index is -0.625. The molecule has 0 aliphatic carbocycles. The lowest BCUT2D eigenvalue weighted by atomic mass is 9.94. The van der Waals surface area contributed by atoms with Gasteiger partial charge in [0.2, 0.25) is 11.7 Å². The number of amides is 1. The molecule has 1 aliphatic heterocycles. The van der Waals surface area contributed by atoms with E-state index in [4.69, 9.17) is 4.42 Å². The van der Waals surface area contributed by atoms with Crippen molar-refractivity contribution in [1.82, 2.24) is 20.4 Å². The van der Waals surface area contributed by atoms with Gasteiger partial charge in [-0.3, -0.25) is 9.59 Å². The number of carbonyl (C=O) groups excluding carboxylic acids is 2. The molecule has 1 fully saturated rings. The summed E-state index contributed by atoms with van der Waals surface area (Å²) in [5.41, 5.74) is 0. The maximum absolute atomic E-state index is 12.8. The Morgan fingerprint density at radius 1 is 1.23 bits per heavy atom. The number of hydrogen-bond acceptors (Lipinski definition) is 7. The SMILES string of the molecule is CC(C)CC(NC(=O)C1CCN(C)CC1)C(=O)c1nnc(SC(C)C)o1. The van der Waals surface area contributed by atoms with Crippen molar-refractivity contribution in [2.24, 2.45) is 11.8 Å². The van der Waals surface area contributed by atoms with E-state index in [1.807, 2.05) is 27.7 Å². The highest BCUT2D eigenvalue weighted by atomic mass is 32.2. The first-order chi connectivity index (χ1) is 12.3. The van der Waals surface area contributed by atoms with Gasteiger partial charge in [0.05, 0.1) is 6.04 Å². The van der Waals surface area contributed by atoms with Crippen LogP contribution < -0.4 is 5.32 Å². The van der Waals surface area contributed by atoms with Gasteiger partial charge in [-0.25, -0.2) is 0 Å². The standard InChI is InChI=1S/C18H30N4O3S/c1-11(2)10-14(19-16(24)13-6-8-22(5)9-7-13)15(23)17-20-21-18(25-17)26-12(3)4/h11-14H,6-10H2,1-5H3,(H,19,24). The molecule has 0 radical (unpaired) electrons. The van der Waals surface area contributed by atoms with Gasteiger partial charge in [-0.1, -0.05) is 39.5 Å². The molecule has 1 aromatic rings. The van der Waals surface area contributed by atoms with Crippen molar-refractivity contribution in [3.63, 3.8) is 0 Å². The molecule has 1 amide bonds. The molecule has 1 saturated heterocycles. The van der Waals surface area contributed by atoms with E-state index < -0.39 is 6.04 Å². The summed E-state index contributed by atoms with van der Waals surface area (Å²) in [5, 5.41) is 11.4. The first-order valence-corrected chi connectivity index (χ1v) is 10.2. The average molecular weight is 383 g/mol. The van der Waals surface area contributed by atoms with Gasteiger partial charge in [-0.15, -0.1) is 10.2 Å². The summed E-state index contributed by atoms with van der Waals surface area (Å²) in [4.78, 5) is 27.7. The molecule has 2 heterocycles. The molecule has 8 heteroatoms. The average Bonchev–Trinajstić information content (AvgIpc) is 3.01. The second-order valence-electron chi connectivity index (χ2n) is 7.67. The first-order valence-electron chi connectivity index (χ1n) is 9.29. The molecule has 2 rings (SSSR count). The minimum Gasteiger partial charge on any atom is -0.408 e. The van der Waals surface area contributed by atoms with E-state index in [-0.39, 0.29) is 34.7 Å². The van der Waals surface area contributed by atoms with Crippen LogP contribution in [0.25, 0.3) is 0 Å². The maximum Gasteiger partial charge on any atom is 0.286 e. The van der Waals surface area contributed by atoms with Crippen molar-refractivity contribution < 1.29 is 14.0 Å². The van der Waals surface area contributed by atoms with Gasteiger partial charge in [0.25, 0.3) is 11.1 Å². The molecule has 1 atom stereocenters. The van der Waals surface area contributed by atoms with E-state index in [2.05, 4.69) is 27.5 Å². The van der Waals surface area contributed by atoms with Crippen molar-refractivity contribution in [2.45, 2.75) is 63.5 Å². The summed E-state index contributed by atoms with van der Waals surface area (Å²) in [6.07, 6.45) is 2.19. The van der Waals surface area contributed by atoms with Gasteiger partial charge >= 0.3 is 0 Å². The van der Waals surface area contributed by atoms with Crippen molar-refractivity contribution in [3.8, 4) is 0 Å². The van der Waals surface area contributed by atoms with Gasteiger partial charge in [0, 0.05) is 11.2 Å². The summed E-state index contributed by atoms with van der Waals surface area (Å²) in [6.45, 7) is 9.88. The number of likely N-dealkylation sites (tertiary alicyclic amines) is 1. The number of thioether (sulfide) groups is 1. The van der Waals surface area contributed by atoms with Crippen LogP contribution in [0, 0.1) is 11.8 Å². The molecule has 1 N–H and O–H groups in total. The molecular weight excluding hydrogens is 352 g/mol. The molecule has 7 nitrogen and oxygen atoms in total. The van der Waals surface area contributed by atoms with Crippen LogP contribution in [0.15, 0.2) is 9.64 Å². The zero-order valence-corrected chi connectivity index (χ0v) is 17.1. The lowest BCUT2D eigenvalue weighted by Crippen LogP contribution is -2.46. The van der Waals surface area contributed by atoms with Crippen LogP contribution in [0.2, 0.25) is 0 Å². The number of rotatable bonds is 8. The van der Waals surface area contributed by atoms with E-state index in [1.165, 1.54) is 11.8 Å². The van der Waals surface area contributed by atoms with Crippen LogP contribution in [0.4, 0.5) is 0 Å². The summed E-state index contributed by atoms with van der Waals surface area (Å²) in [7, 11) is 2.06. The minimum absolute atomic E-state index is 0.0255. The number of nitrogens with one attached hydrogen (secondary N) is 1. The Bertz CT molecular complexity index is 609. The molecule has 26 heavy (non-hydrogen) atoms. The second kappa shape index (κ2) is 9.50. The Morgan fingerprint density at radius 2 is 1.88 bits per heavy atom. The highest BCUT2D eigenvalue weighted by Gasteiger charge is 2.31. The zero-order chi connectivity index (χ0) is 19.3. The van der Waals surface area contributed by atoms with Crippen LogP contribution in [-0.4, -0.2) is 58.2 Å². The normalized spacial score (nSPS) is 17.7. The lowest BCUT2D eigenvalue weighted by molar-refractivity contribution is -0.126. The number of ketones is 1. The molecule has 1 aromatic heterocycles. The van der Waals surface area contributed by atoms with Crippen molar-refractivity contribution in [3.05, 3.63) is 5.89 Å². The third-order valence-electron chi connectivity index (χ3n) is 4.38. The Labute approximate surface area is 159 Å². The molecule has 0 aromatic carbocycles. The quantitative estimate of drug-likeness (QED) is 0.546. The van der Waals surface area contributed by atoms with E-state index in [9.17, 15) is 9.59 Å². The van der Waals surface area contributed by atoms with E-state index >= 15 is 0 Å². The smallest absolute Gasteiger partial charge is 0.286 e. The van der Waals surface area contributed by atoms with Crippen molar-refractivity contribution in [1.29, 1.82) is 0 Å². The highest BCUT2D eigenvalue weighted by Crippen LogP contribution is 2.22. The molecule has 0 spiro atoms. The third kappa shape index (κ3) is 6.09. The molecule has 0 saturated carbocycles. The Kier molecular flexibility index (Phi) is 7.64. The summed E-state index contributed by atoms with van der Waals surface area (Å²) < 4.78 is 5.49. The number of nitrogens with zero attached hydrogens (tertiary/aromatic N) is 3. The van der Waals surface area contributed by atoms with E-state index in [0.717, 1.165) is 25.9 Å². The Balaban J connectivity index is 2.04. The Hall–Kier alpha value is -1.41. The molecule has 1 aliphatic rings. The summed E-state index contributed by atoms with van der Waals surface area (Å²) in [5.74, 6) is -0.156. The molecule has 1 unspecified atom stereocenters. The monoisotopic (exact) mass is 382 g/mol. The topological polar surface area (TPSA) is 88.3 Å². The van der Waals surface area contributed by atoms with Crippen LogP contribution in [-0.2, 0) is 4.79 Å². The highest BCUT2D eigenvalue weighted by molar-refractivity contribution is 7.99. The van der Waals surface area contributed by atoms with Crippen molar-refractivity contribution >= 4 is 23.5 Å². The maximum atomic E-state index is 12.8. The fourth-order valence-corrected chi connectivity index (χ4v) is 3.59. The fourth-order valence-electron chi connectivity index (χ4n) is 2.97. The zero-order valence-electron chi connectivity index (χ0n) is 16.3.